The molecular weight excluding hydrogens is 433 g/mol. The number of aromatic nitrogens is 1. The van der Waals surface area contributed by atoms with E-state index in [-0.39, 0.29) is 18.6 Å². The van der Waals surface area contributed by atoms with E-state index < -0.39 is 0 Å². The van der Waals surface area contributed by atoms with Crippen LogP contribution in [-0.4, -0.2) is 41.1 Å². The summed E-state index contributed by atoms with van der Waals surface area (Å²) < 4.78 is 7.61. The summed E-state index contributed by atoms with van der Waals surface area (Å²) in [6.45, 7) is 2.79. The van der Waals surface area contributed by atoms with Gasteiger partial charge in [0.1, 0.15) is 5.75 Å². The highest BCUT2D eigenvalue weighted by molar-refractivity contribution is 6.31. The number of ether oxygens (including phenoxy) is 1. The minimum Gasteiger partial charge on any atom is -0.484 e. The van der Waals surface area contributed by atoms with Crippen LogP contribution < -0.4 is 10.1 Å². The van der Waals surface area contributed by atoms with E-state index in [2.05, 4.69) is 33.2 Å². The number of carbonyl (C=O) groups is 1. The van der Waals surface area contributed by atoms with Crippen LogP contribution in [0.15, 0.2) is 67.0 Å². The quantitative estimate of drug-likeness (QED) is 0.546. The van der Waals surface area contributed by atoms with Crippen molar-refractivity contribution in [2.24, 2.45) is 0 Å². The lowest BCUT2D eigenvalue weighted by atomic mass is 10.0. The third-order valence-electron chi connectivity index (χ3n) is 5.39. The van der Waals surface area contributed by atoms with Gasteiger partial charge in [-0.15, -0.1) is 0 Å². The summed E-state index contributed by atoms with van der Waals surface area (Å²) in [4.78, 5) is 14.6. The standard InChI is InChI=1S/C24H25Cl2N3O2/c25-19-3-1-5-22(13-19)29-12-7-18(16-29)15-28-10-8-21(9-11-28)27-24(30)17-31-23-6-2-4-20(26)14-23/h1-7,12-14,16,21H,8-11,15,17H2,(H,27,30). The maximum atomic E-state index is 12.2. The number of piperidine rings is 1. The number of halogens is 2. The highest BCUT2D eigenvalue weighted by Gasteiger charge is 2.21. The maximum absolute atomic E-state index is 12.2. The Balaban J connectivity index is 1.21. The maximum Gasteiger partial charge on any atom is 0.258 e. The largest absolute Gasteiger partial charge is 0.484 e. The van der Waals surface area contributed by atoms with Gasteiger partial charge in [0.25, 0.3) is 5.91 Å². The average Bonchev–Trinajstić information content (AvgIpc) is 3.22. The van der Waals surface area contributed by atoms with E-state index in [1.54, 1.807) is 24.3 Å². The minimum atomic E-state index is -0.1000. The summed E-state index contributed by atoms with van der Waals surface area (Å²) in [5.41, 5.74) is 2.32. The second-order valence-corrected chi connectivity index (χ2v) is 8.64. The Kier molecular flexibility index (Phi) is 7.17. The molecule has 0 atom stereocenters. The molecule has 31 heavy (non-hydrogen) atoms. The van der Waals surface area contributed by atoms with Gasteiger partial charge in [0, 0.05) is 53.8 Å². The van der Waals surface area contributed by atoms with Crippen molar-refractivity contribution in [2.75, 3.05) is 19.7 Å². The van der Waals surface area contributed by atoms with Crippen LogP contribution in [0.3, 0.4) is 0 Å². The first-order chi connectivity index (χ1) is 15.0. The monoisotopic (exact) mass is 457 g/mol. The van der Waals surface area contributed by atoms with Gasteiger partial charge in [-0.05, 0) is 60.9 Å². The predicted octanol–water partition coefficient (Wildman–Crippen LogP) is 4.94. The molecule has 0 aliphatic carbocycles. The fourth-order valence-electron chi connectivity index (χ4n) is 3.80. The first-order valence-electron chi connectivity index (χ1n) is 10.4. The van der Waals surface area contributed by atoms with Crippen LogP contribution in [0.4, 0.5) is 0 Å². The van der Waals surface area contributed by atoms with Crippen LogP contribution in [0.5, 0.6) is 5.75 Å². The predicted molar refractivity (Wildman–Crippen MR) is 124 cm³/mol. The molecule has 4 rings (SSSR count). The fraction of sp³-hybridized carbons (Fsp3) is 0.292. The molecule has 0 unspecified atom stereocenters. The van der Waals surface area contributed by atoms with Crippen LogP contribution in [-0.2, 0) is 11.3 Å². The Bertz CT molecular complexity index is 1030. The second-order valence-electron chi connectivity index (χ2n) is 7.77. The number of rotatable bonds is 7. The molecule has 1 aliphatic rings. The van der Waals surface area contributed by atoms with Gasteiger partial charge >= 0.3 is 0 Å². The number of likely N-dealkylation sites (tertiary alicyclic amines) is 1. The summed E-state index contributed by atoms with van der Waals surface area (Å²) in [7, 11) is 0. The van der Waals surface area contributed by atoms with Crippen LogP contribution in [0.2, 0.25) is 10.0 Å². The number of nitrogens with one attached hydrogen (secondary N) is 1. The molecule has 162 valence electrons. The van der Waals surface area contributed by atoms with E-state index in [1.165, 1.54) is 5.56 Å². The smallest absolute Gasteiger partial charge is 0.258 e. The van der Waals surface area contributed by atoms with Crippen molar-refractivity contribution < 1.29 is 9.53 Å². The normalized spacial score (nSPS) is 15.0. The van der Waals surface area contributed by atoms with Crippen molar-refractivity contribution in [3.8, 4) is 11.4 Å². The summed E-state index contributed by atoms with van der Waals surface area (Å²) in [6.07, 6.45) is 6.07. The summed E-state index contributed by atoms with van der Waals surface area (Å²) in [6, 6.07) is 17.2. The highest BCUT2D eigenvalue weighted by Crippen LogP contribution is 2.19. The molecular formula is C24H25Cl2N3O2. The van der Waals surface area contributed by atoms with Crippen molar-refractivity contribution in [1.29, 1.82) is 0 Å². The summed E-state index contributed by atoms with van der Waals surface area (Å²) in [5.74, 6) is 0.499. The lowest BCUT2D eigenvalue weighted by Crippen LogP contribution is -2.45. The summed E-state index contributed by atoms with van der Waals surface area (Å²) >= 11 is 12.0. The van der Waals surface area contributed by atoms with E-state index in [4.69, 9.17) is 27.9 Å². The Morgan fingerprint density at radius 1 is 1.03 bits per heavy atom. The molecule has 1 aromatic heterocycles. The van der Waals surface area contributed by atoms with Crippen LogP contribution in [0, 0.1) is 0 Å². The lowest BCUT2D eigenvalue weighted by Gasteiger charge is -2.32. The van der Waals surface area contributed by atoms with Crippen molar-refractivity contribution in [1.82, 2.24) is 14.8 Å². The molecule has 2 heterocycles. The van der Waals surface area contributed by atoms with Gasteiger partial charge in [-0.25, -0.2) is 0 Å². The Hall–Kier alpha value is -2.47. The Labute approximate surface area is 192 Å². The molecule has 1 amide bonds. The minimum absolute atomic E-state index is 0.00241. The number of carbonyl (C=O) groups excluding carboxylic acids is 1. The van der Waals surface area contributed by atoms with Gasteiger partial charge in [-0.2, -0.15) is 0 Å². The number of nitrogens with zero attached hydrogens (tertiary/aromatic N) is 2. The van der Waals surface area contributed by atoms with Gasteiger partial charge in [0.2, 0.25) is 0 Å². The SMILES string of the molecule is O=C(COc1cccc(Cl)c1)NC1CCN(Cc2ccn(-c3cccc(Cl)c3)c2)CC1. The van der Waals surface area contributed by atoms with Crippen LogP contribution in [0.1, 0.15) is 18.4 Å². The van der Waals surface area contributed by atoms with Gasteiger partial charge in [-0.1, -0.05) is 35.3 Å². The van der Waals surface area contributed by atoms with E-state index in [9.17, 15) is 4.79 Å². The molecule has 0 radical (unpaired) electrons. The molecule has 1 N–H and O–H groups in total. The second kappa shape index (κ2) is 10.2. The van der Waals surface area contributed by atoms with Crippen molar-refractivity contribution >= 4 is 29.1 Å². The van der Waals surface area contributed by atoms with Crippen molar-refractivity contribution in [3.63, 3.8) is 0 Å². The molecule has 1 saturated heterocycles. The molecule has 0 spiro atoms. The Morgan fingerprint density at radius 3 is 2.52 bits per heavy atom. The zero-order valence-corrected chi connectivity index (χ0v) is 18.6. The molecule has 2 aromatic carbocycles. The molecule has 5 nitrogen and oxygen atoms in total. The lowest BCUT2D eigenvalue weighted by molar-refractivity contribution is -0.124. The summed E-state index contributed by atoms with van der Waals surface area (Å²) in [5, 5.41) is 4.40. The highest BCUT2D eigenvalue weighted by atomic mass is 35.5. The fourth-order valence-corrected chi connectivity index (χ4v) is 4.17. The van der Waals surface area contributed by atoms with Crippen molar-refractivity contribution in [2.45, 2.75) is 25.4 Å². The molecule has 1 fully saturated rings. The van der Waals surface area contributed by atoms with E-state index in [1.807, 2.05) is 24.3 Å². The molecule has 3 aromatic rings. The molecule has 0 bridgehead atoms. The number of amides is 1. The van der Waals surface area contributed by atoms with Crippen molar-refractivity contribution in [3.05, 3.63) is 82.6 Å². The first-order valence-corrected chi connectivity index (χ1v) is 11.1. The molecule has 1 aliphatic heterocycles. The van der Waals surface area contributed by atoms with Gasteiger partial charge < -0.3 is 14.6 Å². The first kappa shape index (κ1) is 21.8. The van der Waals surface area contributed by atoms with E-state index in [0.29, 0.717) is 10.8 Å². The number of benzene rings is 2. The van der Waals surface area contributed by atoms with E-state index >= 15 is 0 Å². The number of hydrogen-bond donors (Lipinski definition) is 1. The van der Waals surface area contributed by atoms with Crippen LogP contribution in [0.25, 0.3) is 5.69 Å². The zero-order chi connectivity index (χ0) is 21.6. The zero-order valence-electron chi connectivity index (χ0n) is 17.1. The third kappa shape index (κ3) is 6.26. The molecule has 7 heteroatoms. The van der Waals surface area contributed by atoms with Crippen LogP contribution >= 0.6 is 23.2 Å². The van der Waals surface area contributed by atoms with Gasteiger partial charge in [0.05, 0.1) is 0 Å². The average molecular weight is 458 g/mol. The van der Waals surface area contributed by atoms with Gasteiger partial charge in [-0.3, -0.25) is 9.69 Å². The van der Waals surface area contributed by atoms with E-state index in [0.717, 1.165) is 43.2 Å². The Morgan fingerprint density at radius 2 is 1.77 bits per heavy atom. The number of hydrogen-bond acceptors (Lipinski definition) is 3. The molecule has 0 saturated carbocycles. The van der Waals surface area contributed by atoms with Gasteiger partial charge in [0.15, 0.2) is 6.61 Å². The topological polar surface area (TPSA) is 46.5 Å². The third-order valence-corrected chi connectivity index (χ3v) is 5.86.